The Hall–Kier alpha value is -2.08. The molecule has 5 nitrogen and oxygen atoms in total. The van der Waals surface area contributed by atoms with Crippen LogP contribution in [0.15, 0.2) is 18.2 Å². The van der Waals surface area contributed by atoms with Crippen LogP contribution in [0.2, 0.25) is 0 Å². The highest BCUT2D eigenvalue weighted by Crippen LogP contribution is 2.38. The van der Waals surface area contributed by atoms with E-state index >= 15 is 0 Å². The third-order valence-electron chi connectivity index (χ3n) is 3.38. The lowest BCUT2D eigenvalue weighted by Gasteiger charge is -2.19. The molecule has 1 amide bonds. The predicted molar refractivity (Wildman–Crippen MR) is 97.3 cm³/mol. The molecular formula is C18H23NO4S. The Kier molecular flexibility index (Phi) is 4.63. The zero-order valence-corrected chi connectivity index (χ0v) is 15.6. The van der Waals surface area contributed by atoms with Crippen LogP contribution in [0.5, 0.6) is 0 Å². The number of carbonyl (C=O) groups excluding carboxylic acids is 1. The second-order valence-electron chi connectivity index (χ2n) is 7.70. The molecule has 0 aliphatic carbocycles. The summed E-state index contributed by atoms with van der Waals surface area (Å²) >= 11 is 1.24. The standard InChI is InChI=1S/C18H23NO4S/c1-17(2,3)10-7-8-11-12(9-10)24-14(13(11)15(20)21)19-16(22)23-18(4,5)6/h7-9H,1-6H3,(H,19,22)(H,20,21). The molecule has 0 aliphatic heterocycles. The SMILES string of the molecule is CC(C)(C)OC(=O)Nc1sc2cc(C(C)(C)C)ccc2c1C(=O)O. The quantitative estimate of drug-likeness (QED) is 0.777. The van der Waals surface area contributed by atoms with Gasteiger partial charge in [0, 0.05) is 10.1 Å². The molecule has 0 bridgehead atoms. The minimum Gasteiger partial charge on any atom is -0.478 e. The first-order valence-electron chi connectivity index (χ1n) is 7.69. The highest BCUT2D eigenvalue weighted by atomic mass is 32.1. The maximum atomic E-state index is 12.0. The number of thiophene rings is 1. The summed E-state index contributed by atoms with van der Waals surface area (Å²) in [4.78, 5) is 23.6. The van der Waals surface area contributed by atoms with Crippen LogP contribution in [0.25, 0.3) is 10.1 Å². The molecule has 0 saturated heterocycles. The maximum Gasteiger partial charge on any atom is 0.412 e. The molecule has 1 heterocycles. The summed E-state index contributed by atoms with van der Waals surface area (Å²) in [6.45, 7) is 11.6. The van der Waals surface area contributed by atoms with Crippen molar-refractivity contribution in [2.75, 3.05) is 5.32 Å². The molecule has 0 radical (unpaired) electrons. The first-order valence-corrected chi connectivity index (χ1v) is 8.50. The molecule has 0 atom stereocenters. The van der Waals surface area contributed by atoms with Crippen molar-refractivity contribution in [1.82, 2.24) is 0 Å². The number of nitrogens with one attached hydrogen (secondary N) is 1. The molecule has 0 unspecified atom stereocenters. The molecule has 0 spiro atoms. The molecule has 2 N–H and O–H groups in total. The molecular weight excluding hydrogens is 326 g/mol. The summed E-state index contributed by atoms with van der Waals surface area (Å²) in [5, 5.41) is 13.0. The van der Waals surface area contributed by atoms with Gasteiger partial charge in [-0.15, -0.1) is 11.3 Å². The van der Waals surface area contributed by atoms with Crippen LogP contribution in [-0.4, -0.2) is 22.8 Å². The molecule has 0 aliphatic rings. The number of carbonyl (C=O) groups is 2. The number of benzene rings is 1. The Morgan fingerprint density at radius 1 is 1.12 bits per heavy atom. The van der Waals surface area contributed by atoms with Crippen molar-refractivity contribution in [2.45, 2.75) is 52.6 Å². The van der Waals surface area contributed by atoms with E-state index in [1.54, 1.807) is 26.8 Å². The topological polar surface area (TPSA) is 75.6 Å². The second-order valence-corrected chi connectivity index (χ2v) is 8.75. The first-order chi connectivity index (χ1) is 10.9. The lowest BCUT2D eigenvalue weighted by molar-refractivity contribution is 0.0636. The zero-order valence-electron chi connectivity index (χ0n) is 14.8. The highest BCUT2D eigenvalue weighted by Gasteiger charge is 2.24. The lowest BCUT2D eigenvalue weighted by atomic mass is 9.87. The van der Waals surface area contributed by atoms with Gasteiger partial charge in [-0.1, -0.05) is 32.9 Å². The van der Waals surface area contributed by atoms with Gasteiger partial charge in [-0.05, 0) is 37.8 Å². The molecule has 130 valence electrons. The van der Waals surface area contributed by atoms with Crippen molar-refractivity contribution in [3.63, 3.8) is 0 Å². The van der Waals surface area contributed by atoms with Crippen LogP contribution in [-0.2, 0) is 10.2 Å². The van der Waals surface area contributed by atoms with Crippen molar-refractivity contribution in [1.29, 1.82) is 0 Å². The maximum absolute atomic E-state index is 12.0. The predicted octanol–water partition coefficient (Wildman–Crippen LogP) is 5.24. The Labute approximate surface area is 145 Å². The minimum atomic E-state index is -1.07. The van der Waals surface area contributed by atoms with Gasteiger partial charge in [0.15, 0.2) is 0 Å². The molecule has 0 fully saturated rings. The minimum absolute atomic E-state index is 0.0413. The van der Waals surface area contributed by atoms with E-state index < -0.39 is 17.7 Å². The van der Waals surface area contributed by atoms with Gasteiger partial charge in [0.1, 0.15) is 16.2 Å². The number of amides is 1. The summed E-state index contributed by atoms with van der Waals surface area (Å²) in [5.41, 5.74) is 0.516. The first kappa shape index (κ1) is 18.3. The molecule has 0 saturated carbocycles. The van der Waals surface area contributed by atoms with E-state index in [1.165, 1.54) is 11.3 Å². The van der Waals surface area contributed by atoms with Gasteiger partial charge >= 0.3 is 12.1 Å². The lowest BCUT2D eigenvalue weighted by Crippen LogP contribution is -2.27. The molecule has 6 heteroatoms. The monoisotopic (exact) mass is 349 g/mol. The summed E-state index contributed by atoms with van der Waals surface area (Å²) < 4.78 is 6.04. The normalized spacial score (nSPS) is 12.2. The van der Waals surface area contributed by atoms with Crippen molar-refractivity contribution in [3.05, 3.63) is 29.3 Å². The number of fused-ring (bicyclic) bond motifs is 1. The Morgan fingerprint density at radius 2 is 1.75 bits per heavy atom. The highest BCUT2D eigenvalue weighted by molar-refractivity contribution is 7.23. The summed E-state index contributed by atoms with van der Waals surface area (Å²) in [6.07, 6.45) is -0.660. The van der Waals surface area contributed by atoms with E-state index in [9.17, 15) is 14.7 Å². The van der Waals surface area contributed by atoms with Gasteiger partial charge in [-0.3, -0.25) is 5.32 Å². The summed E-state index contributed by atoms with van der Waals surface area (Å²) in [7, 11) is 0. The average Bonchev–Trinajstić information content (AvgIpc) is 2.71. The van der Waals surface area contributed by atoms with Gasteiger partial charge in [0.2, 0.25) is 0 Å². The number of rotatable bonds is 2. The number of anilines is 1. The number of hydrogen-bond donors (Lipinski definition) is 2. The van der Waals surface area contributed by atoms with E-state index in [1.807, 2.05) is 12.1 Å². The fourth-order valence-corrected chi connectivity index (χ4v) is 3.38. The third-order valence-corrected chi connectivity index (χ3v) is 4.45. The number of aromatic carboxylic acids is 1. The number of hydrogen-bond acceptors (Lipinski definition) is 4. The largest absolute Gasteiger partial charge is 0.478 e. The van der Waals surface area contributed by atoms with Crippen LogP contribution in [0.3, 0.4) is 0 Å². The van der Waals surface area contributed by atoms with E-state index in [-0.39, 0.29) is 16.0 Å². The van der Waals surface area contributed by atoms with E-state index in [0.29, 0.717) is 5.39 Å². The van der Waals surface area contributed by atoms with Crippen molar-refractivity contribution in [3.8, 4) is 0 Å². The van der Waals surface area contributed by atoms with Crippen LogP contribution in [0, 0.1) is 0 Å². The molecule has 2 aromatic rings. The van der Waals surface area contributed by atoms with Crippen molar-refractivity contribution >= 4 is 38.5 Å². The van der Waals surface area contributed by atoms with Crippen LogP contribution in [0.4, 0.5) is 9.80 Å². The molecule has 24 heavy (non-hydrogen) atoms. The second kappa shape index (κ2) is 6.09. The summed E-state index contributed by atoms with van der Waals surface area (Å²) in [5.74, 6) is -1.07. The van der Waals surface area contributed by atoms with Gasteiger partial charge in [-0.25, -0.2) is 9.59 Å². The van der Waals surface area contributed by atoms with Crippen LogP contribution >= 0.6 is 11.3 Å². The molecule has 2 rings (SSSR count). The smallest absolute Gasteiger partial charge is 0.412 e. The Bertz CT molecular complexity index is 794. The van der Waals surface area contributed by atoms with Gasteiger partial charge in [-0.2, -0.15) is 0 Å². The Morgan fingerprint density at radius 3 is 2.25 bits per heavy atom. The Balaban J connectivity index is 2.47. The fraction of sp³-hybridized carbons (Fsp3) is 0.444. The zero-order chi connectivity index (χ0) is 18.3. The van der Waals surface area contributed by atoms with Crippen LogP contribution in [0.1, 0.15) is 57.5 Å². The van der Waals surface area contributed by atoms with Gasteiger partial charge in [0.05, 0.1) is 0 Å². The van der Waals surface area contributed by atoms with E-state index in [0.717, 1.165) is 10.3 Å². The molecule has 1 aromatic carbocycles. The average molecular weight is 349 g/mol. The van der Waals surface area contributed by atoms with Crippen LogP contribution < -0.4 is 5.32 Å². The van der Waals surface area contributed by atoms with E-state index in [2.05, 4.69) is 26.1 Å². The fourth-order valence-electron chi connectivity index (χ4n) is 2.26. The van der Waals surface area contributed by atoms with Gasteiger partial charge < -0.3 is 9.84 Å². The number of carboxylic acid groups (broad SMARTS) is 1. The van der Waals surface area contributed by atoms with Crippen molar-refractivity contribution in [2.24, 2.45) is 0 Å². The third kappa shape index (κ3) is 4.06. The van der Waals surface area contributed by atoms with Crippen molar-refractivity contribution < 1.29 is 19.4 Å². The molecule has 1 aromatic heterocycles. The number of carboxylic acids is 1. The number of ether oxygens (including phenoxy) is 1. The van der Waals surface area contributed by atoms with E-state index in [4.69, 9.17) is 4.74 Å². The van der Waals surface area contributed by atoms with Gasteiger partial charge in [0.25, 0.3) is 0 Å². The summed E-state index contributed by atoms with van der Waals surface area (Å²) in [6, 6.07) is 5.71.